The molecule has 0 fully saturated rings. The van der Waals surface area contributed by atoms with E-state index in [9.17, 15) is 0 Å². The van der Waals surface area contributed by atoms with Gasteiger partial charge < -0.3 is 0 Å². The first-order valence-corrected chi connectivity index (χ1v) is 5.77. The van der Waals surface area contributed by atoms with E-state index in [0.29, 0.717) is 5.92 Å². The summed E-state index contributed by atoms with van der Waals surface area (Å²) in [6.07, 6.45) is 4.06. The number of rotatable bonds is 5. The molecule has 0 aromatic carbocycles. The van der Waals surface area contributed by atoms with Gasteiger partial charge in [0, 0.05) is 13.0 Å². The van der Waals surface area contributed by atoms with Gasteiger partial charge in [-0.3, -0.25) is 4.68 Å². The fraction of sp³-hybridized carbons (Fsp3) is 0.500. The topological polar surface area (TPSA) is 17.8 Å². The standard InChI is InChI=1S/C14H22N2/c1-7-13-12(5)14(15-16(13)6)11(4)9-8-10(2)3/h7,11H,1-2,8-9H2,3-6H3. The van der Waals surface area contributed by atoms with E-state index in [1.54, 1.807) is 0 Å². The lowest BCUT2D eigenvalue weighted by molar-refractivity contribution is 0.631. The van der Waals surface area contributed by atoms with Crippen LogP contribution in [0.2, 0.25) is 0 Å². The van der Waals surface area contributed by atoms with Crippen LogP contribution >= 0.6 is 0 Å². The molecular weight excluding hydrogens is 196 g/mol. The van der Waals surface area contributed by atoms with Gasteiger partial charge in [-0.05, 0) is 38.3 Å². The molecule has 0 amide bonds. The first kappa shape index (κ1) is 12.8. The normalized spacial score (nSPS) is 12.5. The van der Waals surface area contributed by atoms with Crippen molar-refractivity contribution in [1.82, 2.24) is 9.78 Å². The maximum Gasteiger partial charge on any atom is 0.0688 e. The summed E-state index contributed by atoms with van der Waals surface area (Å²) in [5, 5.41) is 4.57. The minimum absolute atomic E-state index is 0.483. The maximum absolute atomic E-state index is 4.57. The first-order chi connectivity index (χ1) is 7.47. The van der Waals surface area contributed by atoms with Crippen LogP contribution < -0.4 is 0 Å². The van der Waals surface area contributed by atoms with Crippen molar-refractivity contribution in [2.45, 2.75) is 39.5 Å². The maximum atomic E-state index is 4.57. The fourth-order valence-corrected chi connectivity index (χ4v) is 2.02. The van der Waals surface area contributed by atoms with Crippen LogP contribution in [0.4, 0.5) is 0 Å². The summed E-state index contributed by atoms with van der Waals surface area (Å²) in [6, 6.07) is 0. The van der Waals surface area contributed by atoms with Crippen molar-refractivity contribution in [1.29, 1.82) is 0 Å². The lowest BCUT2D eigenvalue weighted by Crippen LogP contribution is -1.98. The molecule has 1 aromatic heterocycles. The Morgan fingerprint density at radius 2 is 2.19 bits per heavy atom. The van der Waals surface area contributed by atoms with E-state index >= 15 is 0 Å². The van der Waals surface area contributed by atoms with Gasteiger partial charge in [-0.25, -0.2) is 0 Å². The smallest absolute Gasteiger partial charge is 0.0688 e. The number of nitrogens with zero attached hydrogens (tertiary/aromatic N) is 2. The lowest BCUT2D eigenvalue weighted by atomic mass is 9.96. The molecule has 1 aromatic rings. The van der Waals surface area contributed by atoms with Gasteiger partial charge in [-0.2, -0.15) is 5.10 Å². The van der Waals surface area contributed by atoms with Crippen molar-refractivity contribution in [3.63, 3.8) is 0 Å². The van der Waals surface area contributed by atoms with Crippen LogP contribution in [0.25, 0.3) is 6.08 Å². The monoisotopic (exact) mass is 218 g/mol. The molecule has 2 heteroatoms. The molecule has 1 unspecified atom stereocenters. The predicted octanol–water partition coefficient (Wildman–Crippen LogP) is 3.83. The molecule has 16 heavy (non-hydrogen) atoms. The van der Waals surface area contributed by atoms with Crippen LogP contribution in [0.3, 0.4) is 0 Å². The summed E-state index contributed by atoms with van der Waals surface area (Å²) >= 11 is 0. The summed E-state index contributed by atoms with van der Waals surface area (Å²) in [7, 11) is 1.97. The van der Waals surface area contributed by atoms with Gasteiger partial charge in [0.1, 0.15) is 0 Å². The van der Waals surface area contributed by atoms with E-state index in [1.807, 2.05) is 17.8 Å². The van der Waals surface area contributed by atoms with E-state index in [0.717, 1.165) is 18.5 Å². The number of aromatic nitrogens is 2. The van der Waals surface area contributed by atoms with Crippen molar-refractivity contribution >= 4 is 6.08 Å². The van der Waals surface area contributed by atoms with Gasteiger partial charge in [0.15, 0.2) is 0 Å². The highest BCUT2D eigenvalue weighted by Crippen LogP contribution is 2.26. The zero-order valence-electron chi connectivity index (χ0n) is 10.9. The number of hydrogen-bond acceptors (Lipinski definition) is 1. The molecule has 0 aliphatic heterocycles. The Morgan fingerprint density at radius 3 is 2.62 bits per heavy atom. The quantitative estimate of drug-likeness (QED) is 0.687. The molecule has 0 spiro atoms. The molecule has 0 N–H and O–H groups in total. The third-order valence-corrected chi connectivity index (χ3v) is 3.04. The second-order valence-electron chi connectivity index (χ2n) is 4.62. The number of allylic oxidation sites excluding steroid dienone is 1. The molecule has 2 nitrogen and oxygen atoms in total. The zero-order valence-corrected chi connectivity index (χ0v) is 10.9. The Bertz CT molecular complexity index is 399. The average Bonchev–Trinajstić information content (AvgIpc) is 2.50. The molecule has 0 aliphatic rings. The van der Waals surface area contributed by atoms with Crippen molar-refractivity contribution in [3.8, 4) is 0 Å². The highest BCUT2D eigenvalue weighted by atomic mass is 15.3. The summed E-state index contributed by atoms with van der Waals surface area (Å²) < 4.78 is 1.91. The Kier molecular flexibility index (Phi) is 4.11. The van der Waals surface area contributed by atoms with Gasteiger partial charge in [0.05, 0.1) is 11.4 Å². The highest BCUT2D eigenvalue weighted by molar-refractivity contribution is 5.49. The fourth-order valence-electron chi connectivity index (χ4n) is 2.02. The molecule has 0 aliphatic carbocycles. The van der Waals surface area contributed by atoms with Gasteiger partial charge in [-0.15, -0.1) is 6.58 Å². The number of aryl methyl sites for hydroxylation is 1. The van der Waals surface area contributed by atoms with Crippen LogP contribution in [-0.4, -0.2) is 9.78 Å². The minimum Gasteiger partial charge on any atom is -0.268 e. The van der Waals surface area contributed by atoms with Crippen molar-refractivity contribution in [3.05, 3.63) is 35.7 Å². The molecule has 1 heterocycles. The molecule has 1 atom stereocenters. The summed E-state index contributed by atoms with van der Waals surface area (Å²) in [5.74, 6) is 0.483. The first-order valence-electron chi connectivity index (χ1n) is 5.77. The van der Waals surface area contributed by atoms with Crippen LogP contribution in [0, 0.1) is 6.92 Å². The van der Waals surface area contributed by atoms with Crippen LogP contribution in [0.1, 0.15) is 49.6 Å². The third kappa shape index (κ3) is 2.63. The molecule has 0 saturated carbocycles. The third-order valence-electron chi connectivity index (χ3n) is 3.04. The van der Waals surface area contributed by atoms with Gasteiger partial charge in [0.25, 0.3) is 0 Å². The van der Waals surface area contributed by atoms with Gasteiger partial charge >= 0.3 is 0 Å². The van der Waals surface area contributed by atoms with Crippen molar-refractivity contribution in [2.24, 2.45) is 7.05 Å². The largest absolute Gasteiger partial charge is 0.268 e. The van der Waals surface area contributed by atoms with E-state index in [2.05, 4.69) is 39.0 Å². The zero-order chi connectivity index (χ0) is 12.3. The Balaban J connectivity index is 2.87. The summed E-state index contributed by atoms with van der Waals surface area (Å²) in [6.45, 7) is 14.2. The van der Waals surface area contributed by atoms with Gasteiger partial charge in [0.2, 0.25) is 0 Å². The highest BCUT2D eigenvalue weighted by Gasteiger charge is 2.15. The van der Waals surface area contributed by atoms with Crippen LogP contribution in [-0.2, 0) is 7.05 Å². The summed E-state index contributed by atoms with van der Waals surface area (Å²) in [5.41, 5.74) is 4.81. The second-order valence-corrected chi connectivity index (χ2v) is 4.62. The van der Waals surface area contributed by atoms with E-state index in [-0.39, 0.29) is 0 Å². The Hall–Kier alpha value is -1.31. The predicted molar refractivity (Wildman–Crippen MR) is 70.5 cm³/mol. The van der Waals surface area contributed by atoms with E-state index in [1.165, 1.54) is 16.8 Å². The molecule has 0 radical (unpaired) electrons. The molecule has 0 saturated heterocycles. The lowest BCUT2D eigenvalue weighted by Gasteiger charge is -2.09. The molecule has 1 rings (SSSR count). The van der Waals surface area contributed by atoms with Crippen LogP contribution in [0.15, 0.2) is 18.7 Å². The number of hydrogen-bond donors (Lipinski definition) is 0. The molecule has 88 valence electrons. The molecular formula is C14H22N2. The second kappa shape index (κ2) is 5.15. The molecule has 0 bridgehead atoms. The SMILES string of the molecule is C=Cc1c(C)c(C(C)CCC(=C)C)nn1C. The Morgan fingerprint density at radius 1 is 1.56 bits per heavy atom. The van der Waals surface area contributed by atoms with E-state index < -0.39 is 0 Å². The van der Waals surface area contributed by atoms with Gasteiger partial charge in [-0.1, -0.05) is 19.1 Å². The minimum atomic E-state index is 0.483. The summed E-state index contributed by atoms with van der Waals surface area (Å²) in [4.78, 5) is 0. The Labute approximate surface area is 98.7 Å². The van der Waals surface area contributed by atoms with Crippen LogP contribution in [0.5, 0.6) is 0 Å². The van der Waals surface area contributed by atoms with E-state index in [4.69, 9.17) is 0 Å². The van der Waals surface area contributed by atoms with Crippen molar-refractivity contribution < 1.29 is 0 Å². The average molecular weight is 218 g/mol. The van der Waals surface area contributed by atoms with Crippen molar-refractivity contribution in [2.75, 3.05) is 0 Å².